The van der Waals surface area contributed by atoms with Gasteiger partial charge in [0.15, 0.2) is 0 Å². The first-order chi connectivity index (χ1) is 12.2. The summed E-state index contributed by atoms with van der Waals surface area (Å²) in [6.45, 7) is 2.75. The number of nitrogens with two attached hydrogens (primary N) is 1. The maximum absolute atomic E-state index is 6.44. The second-order valence-corrected chi connectivity index (χ2v) is 6.79. The summed E-state index contributed by atoms with van der Waals surface area (Å²) in [4.78, 5) is 6.54. The molecule has 5 heteroatoms. The van der Waals surface area contributed by atoms with Gasteiger partial charge in [-0.25, -0.2) is 0 Å². The van der Waals surface area contributed by atoms with Crippen LogP contribution in [0.25, 0.3) is 11.3 Å². The number of hydrogen-bond donors (Lipinski definition) is 1. The average molecular weight is 333 g/mol. The van der Waals surface area contributed by atoms with Crippen LogP contribution in [0.5, 0.6) is 0 Å². The zero-order valence-electron chi connectivity index (χ0n) is 14.4. The smallest absolute Gasteiger partial charge is 0.0969 e. The summed E-state index contributed by atoms with van der Waals surface area (Å²) in [5, 5.41) is 4.65. The van der Waals surface area contributed by atoms with Crippen LogP contribution in [-0.4, -0.2) is 38.8 Å². The van der Waals surface area contributed by atoms with E-state index in [0.29, 0.717) is 5.92 Å². The van der Waals surface area contributed by atoms with Crippen molar-refractivity contribution < 1.29 is 0 Å². The molecule has 0 saturated carbocycles. The molecule has 3 aromatic rings. The molecule has 2 N–H and O–H groups in total. The first-order valence-electron chi connectivity index (χ1n) is 8.66. The minimum absolute atomic E-state index is 0.170. The molecule has 2 atom stereocenters. The number of pyridine rings is 1. The van der Waals surface area contributed by atoms with E-state index in [1.807, 2.05) is 36.3 Å². The molecule has 5 nitrogen and oxygen atoms in total. The van der Waals surface area contributed by atoms with Crippen LogP contribution >= 0.6 is 0 Å². The van der Waals surface area contributed by atoms with Crippen molar-refractivity contribution in [2.24, 2.45) is 12.8 Å². The molecule has 0 unspecified atom stereocenters. The van der Waals surface area contributed by atoms with Gasteiger partial charge in [-0.2, -0.15) is 5.10 Å². The minimum atomic E-state index is 0.170. The van der Waals surface area contributed by atoms with Crippen molar-refractivity contribution in [2.75, 3.05) is 13.1 Å². The monoisotopic (exact) mass is 333 g/mol. The van der Waals surface area contributed by atoms with Crippen LogP contribution in [0, 0.1) is 0 Å². The zero-order chi connectivity index (χ0) is 17.2. The van der Waals surface area contributed by atoms with E-state index in [2.05, 4.69) is 51.5 Å². The highest BCUT2D eigenvalue weighted by Gasteiger charge is 2.31. The van der Waals surface area contributed by atoms with Gasteiger partial charge < -0.3 is 5.73 Å². The number of hydrogen-bond acceptors (Lipinski definition) is 4. The van der Waals surface area contributed by atoms with Crippen LogP contribution in [0.1, 0.15) is 17.0 Å². The molecule has 1 saturated heterocycles. The summed E-state index contributed by atoms with van der Waals surface area (Å²) in [6.07, 6.45) is 5.73. The standard InChI is InChI=1S/C20H23N5/c1-24-11-17(20(23-24)16-7-9-22-10-8-16)12-25-13-18(19(21)14-25)15-5-3-2-4-6-15/h2-11,18-19H,12-14,21H2,1H3/t18-,19+/m0/s1. The molecule has 4 rings (SSSR count). The molecular formula is C20H23N5. The summed E-state index contributed by atoms with van der Waals surface area (Å²) < 4.78 is 1.88. The van der Waals surface area contributed by atoms with E-state index >= 15 is 0 Å². The first kappa shape index (κ1) is 16.0. The predicted octanol–water partition coefficient (Wildman–Crippen LogP) is 2.41. The lowest BCUT2D eigenvalue weighted by Gasteiger charge is -2.16. The van der Waals surface area contributed by atoms with Crippen LogP contribution < -0.4 is 5.73 Å². The molecule has 1 aliphatic heterocycles. The van der Waals surface area contributed by atoms with Crippen LogP contribution in [0.2, 0.25) is 0 Å². The Bertz CT molecular complexity index is 828. The molecule has 0 spiro atoms. The van der Waals surface area contributed by atoms with Gasteiger partial charge in [0.1, 0.15) is 0 Å². The van der Waals surface area contributed by atoms with E-state index in [4.69, 9.17) is 5.73 Å². The quantitative estimate of drug-likeness (QED) is 0.796. The molecular weight excluding hydrogens is 310 g/mol. The van der Waals surface area contributed by atoms with Crippen molar-refractivity contribution >= 4 is 0 Å². The maximum atomic E-state index is 6.44. The van der Waals surface area contributed by atoms with Crippen molar-refractivity contribution in [2.45, 2.75) is 18.5 Å². The highest BCUT2D eigenvalue weighted by atomic mass is 15.3. The van der Waals surface area contributed by atoms with Crippen LogP contribution in [0.15, 0.2) is 61.1 Å². The second kappa shape index (κ2) is 6.78. The molecule has 128 valence electrons. The summed E-state index contributed by atoms with van der Waals surface area (Å²) in [5.74, 6) is 0.391. The largest absolute Gasteiger partial charge is 0.326 e. The lowest BCUT2D eigenvalue weighted by molar-refractivity contribution is 0.324. The Balaban J connectivity index is 1.54. The molecule has 3 heterocycles. The lowest BCUT2D eigenvalue weighted by atomic mass is 9.95. The molecule has 1 aliphatic rings. The lowest BCUT2D eigenvalue weighted by Crippen LogP contribution is -2.28. The third-order valence-electron chi connectivity index (χ3n) is 4.92. The summed E-state index contributed by atoms with van der Waals surface area (Å²) in [6, 6.07) is 14.8. The minimum Gasteiger partial charge on any atom is -0.326 e. The highest BCUT2D eigenvalue weighted by Crippen LogP contribution is 2.29. The topological polar surface area (TPSA) is 60.0 Å². The van der Waals surface area contributed by atoms with Crippen molar-refractivity contribution in [1.82, 2.24) is 19.7 Å². The van der Waals surface area contributed by atoms with Gasteiger partial charge in [-0.1, -0.05) is 30.3 Å². The van der Waals surface area contributed by atoms with Crippen molar-refractivity contribution in [3.63, 3.8) is 0 Å². The van der Waals surface area contributed by atoms with Gasteiger partial charge >= 0.3 is 0 Å². The normalized spacial score (nSPS) is 20.9. The van der Waals surface area contributed by atoms with Crippen LogP contribution in [-0.2, 0) is 13.6 Å². The Morgan fingerprint density at radius 3 is 2.60 bits per heavy atom. The predicted molar refractivity (Wildman–Crippen MR) is 98.9 cm³/mol. The van der Waals surface area contributed by atoms with Crippen molar-refractivity contribution in [3.05, 3.63) is 72.2 Å². The van der Waals surface area contributed by atoms with Crippen molar-refractivity contribution in [1.29, 1.82) is 0 Å². The average Bonchev–Trinajstić information content (AvgIpc) is 3.19. The van der Waals surface area contributed by atoms with Crippen LogP contribution in [0.3, 0.4) is 0 Å². The van der Waals surface area contributed by atoms with E-state index in [9.17, 15) is 0 Å². The zero-order valence-corrected chi connectivity index (χ0v) is 14.4. The van der Waals surface area contributed by atoms with E-state index in [1.165, 1.54) is 11.1 Å². The van der Waals surface area contributed by atoms with Gasteiger partial charge in [0, 0.05) is 68.4 Å². The van der Waals surface area contributed by atoms with Gasteiger partial charge in [-0.05, 0) is 17.7 Å². The SMILES string of the molecule is Cn1cc(CN2C[C@@H](N)[C@H](c3ccccc3)C2)c(-c2ccncc2)n1. The number of likely N-dealkylation sites (tertiary alicyclic amines) is 1. The number of nitrogens with zero attached hydrogens (tertiary/aromatic N) is 4. The van der Waals surface area contributed by atoms with Gasteiger partial charge in [-0.3, -0.25) is 14.6 Å². The number of aryl methyl sites for hydroxylation is 1. The van der Waals surface area contributed by atoms with Crippen LogP contribution in [0.4, 0.5) is 0 Å². The molecule has 0 amide bonds. The highest BCUT2D eigenvalue weighted by molar-refractivity contribution is 5.61. The number of benzene rings is 1. The first-order valence-corrected chi connectivity index (χ1v) is 8.66. The fourth-order valence-electron chi connectivity index (χ4n) is 3.74. The summed E-state index contributed by atoms with van der Waals surface area (Å²) >= 11 is 0. The Morgan fingerprint density at radius 1 is 1.08 bits per heavy atom. The molecule has 2 aromatic heterocycles. The Kier molecular flexibility index (Phi) is 4.34. The number of rotatable bonds is 4. The fraction of sp³-hybridized carbons (Fsp3) is 0.300. The van der Waals surface area contributed by atoms with Gasteiger partial charge in [0.05, 0.1) is 5.69 Å². The molecule has 0 bridgehead atoms. The van der Waals surface area contributed by atoms with E-state index in [0.717, 1.165) is 30.9 Å². The maximum Gasteiger partial charge on any atom is 0.0969 e. The molecule has 0 aliphatic carbocycles. The summed E-state index contributed by atoms with van der Waals surface area (Å²) in [7, 11) is 1.97. The number of aromatic nitrogens is 3. The molecule has 25 heavy (non-hydrogen) atoms. The van der Waals surface area contributed by atoms with E-state index in [-0.39, 0.29) is 6.04 Å². The molecule has 1 aromatic carbocycles. The molecule has 0 radical (unpaired) electrons. The van der Waals surface area contributed by atoms with Crippen molar-refractivity contribution in [3.8, 4) is 11.3 Å². The van der Waals surface area contributed by atoms with E-state index in [1.54, 1.807) is 0 Å². The second-order valence-electron chi connectivity index (χ2n) is 6.79. The summed E-state index contributed by atoms with van der Waals surface area (Å²) in [5.41, 5.74) is 11.1. The van der Waals surface area contributed by atoms with Gasteiger partial charge in [0.25, 0.3) is 0 Å². The third-order valence-corrected chi connectivity index (χ3v) is 4.92. The Morgan fingerprint density at radius 2 is 1.84 bits per heavy atom. The van der Waals surface area contributed by atoms with Gasteiger partial charge in [-0.15, -0.1) is 0 Å². The fourth-order valence-corrected chi connectivity index (χ4v) is 3.74. The molecule has 1 fully saturated rings. The Labute approximate surface area is 148 Å². The van der Waals surface area contributed by atoms with E-state index < -0.39 is 0 Å². The third kappa shape index (κ3) is 3.34. The Hall–Kier alpha value is -2.50. The van der Waals surface area contributed by atoms with Gasteiger partial charge in [0.2, 0.25) is 0 Å².